The number of rotatable bonds is 2. The fourth-order valence-corrected chi connectivity index (χ4v) is 1.08. The predicted molar refractivity (Wildman–Crippen MR) is 55.3 cm³/mol. The minimum atomic E-state index is -0.502. The van der Waals surface area contributed by atoms with Gasteiger partial charge >= 0.3 is 5.97 Å². The van der Waals surface area contributed by atoms with Crippen LogP contribution in [0.2, 0.25) is 0 Å². The molecule has 0 amide bonds. The Labute approximate surface area is 88.9 Å². The summed E-state index contributed by atoms with van der Waals surface area (Å²) >= 11 is 0. The smallest absolute Gasteiger partial charge is 0.355 e. The number of aromatic amines is 1. The molecule has 0 bridgehead atoms. The van der Waals surface area contributed by atoms with E-state index in [9.17, 15) is 4.79 Å². The highest BCUT2D eigenvalue weighted by molar-refractivity contribution is 5.87. The van der Waals surface area contributed by atoms with Crippen LogP contribution in [0.25, 0.3) is 0 Å². The molecule has 15 heavy (non-hydrogen) atoms. The lowest BCUT2D eigenvalue weighted by molar-refractivity contribution is 0.00636. The molecule has 0 spiro atoms. The number of carbonyl (C=O) groups excluding carboxylic acids is 1. The second-order valence-corrected chi connectivity index (χ2v) is 4.26. The van der Waals surface area contributed by atoms with Gasteiger partial charge in [-0.15, -0.1) is 0 Å². The van der Waals surface area contributed by atoms with Crippen molar-refractivity contribution >= 4 is 5.97 Å². The van der Waals surface area contributed by atoms with Gasteiger partial charge in [-0.3, -0.25) is 0 Å². The number of nitriles is 1. The van der Waals surface area contributed by atoms with Crippen molar-refractivity contribution in [1.29, 1.82) is 5.26 Å². The monoisotopic (exact) mass is 206 g/mol. The van der Waals surface area contributed by atoms with Crippen LogP contribution >= 0.6 is 0 Å². The molecule has 0 aliphatic heterocycles. The number of aromatic nitrogens is 1. The summed E-state index contributed by atoms with van der Waals surface area (Å²) in [5.41, 5.74) is 0.672. The number of hydrogen-bond donors (Lipinski definition) is 1. The molecule has 4 heteroatoms. The first kappa shape index (κ1) is 11.3. The minimum Gasteiger partial charge on any atom is -0.455 e. The predicted octanol–water partition coefficient (Wildman–Crippen LogP) is 2.04. The molecule has 0 radical (unpaired) electrons. The van der Waals surface area contributed by atoms with Gasteiger partial charge < -0.3 is 9.72 Å². The van der Waals surface area contributed by atoms with E-state index in [1.54, 1.807) is 12.3 Å². The normalized spacial score (nSPS) is 10.8. The summed E-state index contributed by atoms with van der Waals surface area (Å²) < 4.78 is 5.16. The summed E-state index contributed by atoms with van der Waals surface area (Å²) in [4.78, 5) is 14.3. The van der Waals surface area contributed by atoms with Crippen LogP contribution < -0.4 is 0 Å². The van der Waals surface area contributed by atoms with Crippen LogP contribution in [-0.4, -0.2) is 16.6 Å². The molecule has 1 rings (SSSR count). The maximum Gasteiger partial charge on any atom is 0.355 e. The van der Waals surface area contributed by atoms with Crippen molar-refractivity contribution in [3.8, 4) is 6.07 Å². The Bertz CT molecular complexity index is 393. The first-order valence-corrected chi connectivity index (χ1v) is 4.70. The number of ether oxygens (including phenoxy) is 1. The molecular formula is C11H14N2O2. The summed E-state index contributed by atoms with van der Waals surface area (Å²) in [6.45, 7) is 5.43. The second-order valence-electron chi connectivity index (χ2n) is 4.26. The zero-order valence-electron chi connectivity index (χ0n) is 9.13. The summed E-state index contributed by atoms with van der Waals surface area (Å²) in [5, 5.41) is 8.47. The van der Waals surface area contributed by atoms with Gasteiger partial charge in [-0.1, -0.05) is 0 Å². The molecule has 0 aromatic carbocycles. The highest BCUT2D eigenvalue weighted by Crippen LogP contribution is 2.12. The standard InChI is InChI=1S/C11H14N2O2/c1-11(2,3)15-10(14)9-6-8(4-5-12)7-13-9/h6-7,13H,4H2,1-3H3. The summed E-state index contributed by atoms with van der Waals surface area (Å²) in [5.74, 6) is -0.397. The Morgan fingerprint density at radius 1 is 1.60 bits per heavy atom. The third-order valence-electron chi connectivity index (χ3n) is 1.64. The third-order valence-corrected chi connectivity index (χ3v) is 1.64. The second kappa shape index (κ2) is 4.18. The molecule has 0 fully saturated rings. The summed E-state index contributed by atoms with van der Waals surface area (Å²) in [6, 6.07) is 3.65. The Kier molecular flexibility index (Phi) is 3.15. The first-order valence-electron chi connectivity index (χ1n) is 4.70. The molecule has 80 valence electrons. The SMILES string of the molecule is CC(C)(C)OC(=O)c1cc(CC#N)c[nH]1. The zero-order chi connectivity index (χ0) is 11.5. The van der Waals surface area contributed by atoms with E-state index < -0.39 is 11.6 Å². The number of nitrogens with zero attached hydrogens (tertiary/aromatic N) is 1. The number of H-pyrrole nitrogens is 1. The molecule has 4 nitrogen and oxygen atoms in total. The average Bonchev–Trinajstić information content (AvgIpc) is 2.50. The van der Waals surface area contributed by atoms with E-state index in [1.807, 2.05) is 26.8 Å². The van der Waals surface area contributed by atoms with Crippen molar-refractivity contribution in [2.24, 2.45) is 0 Å². The molecule has 1 heterocycles. The maximum atomic E-state index is 11.5. The molecule has 1 aromatic heterocycles. The lowest BCUT2D eigenvalue weighted by atomic mass is 10.2. The van der Waals surface area contributed by atoms with Gasteiger partial charge in [-0.05, 0) is 32.4 Å². The summed E-state index contributed by atoms with van der Waals surface area (Å²) in [6.07, 6.45) is 1.93. The van der Waals surface area contributed by atoms with Crippen LogP contribution in [0.15, 0.2) is 12.3 Å². The third kappa shape index (κ3) is 3.47. The van der Waals surface area contributed by atoms with E-state index in [2.05, 4.69) is 4.98 Å². The van der Waals surface area contributed by atoms with Crippen LogP contribution in [0.5, 0.6) is 0 Å². The van der Waals surface area contributed by atoms with Crippen molar-refractivity contribution in [2.75, 3.05) is 0 Å². The quantitative estimate of drug-likeness (QED) is 0.753. The van der Waals surface area contributed by atoms with Gasteiger partial charge in [0.05, 0.1) is 12.5 Å². The number of nitrogens with one attached hydrogen (secondary N) is 1. The van der Waals surface area contributed by atoms with Crippen molar-refractivity contribution < 1.29 is 9.53 Å². The Morgan fingerprint density at radius 2 is 2.27 bits per heavy atom. The lowest BCUT2D eigenvalue weighted by Gasteiger charge is -2.18. The maximum absolute atomic E-state index is 11.5. The number of esters is 1. The highest BCUT2D eigenvalue weighted by atomic mass is 16.6. The Balaban J connectivity index is 2.71. The largest absolute Gasteiger partial charge is 0.455 e. The van der Waals surface area contributed by atoms with Crippen LogP contribution in [0.4, 0.5) is 0 Å². The van der Waals surface area contributed by atoms with Gasteiger partial charge in [0.25, 0.3) is 0 Å². The van der Waals surface area contributed by atoms with Crippen LogP contribution in [-0.2, 0) is 11.2 Å². The molecular weight excluding hydrogens is 192 g/mol. The van der Waals surface area contributed by atoms with Gasteiger partial charge in [-0.2, -0.15) is 5.26 Å². The van der Waals surface area contributed by atoms with Gasteiger partial charge in [0.15, 0.2) is 0 Å². The fourth-order valence-electron chi connectivity index (χ4n) is 1.08. The molecule has 0 atom stereocenters. The van der Waals surface area contributed by atoms with Crippen molar-refractivity contribution in [2.45, 2.75) is 32.8 Å². The van der Waals surface area contributed by atoms with Crippen molar-refractivity contribution in [3.63, 3.8) is 0 Å². The van der Waals surface area contributed by atoms with Crippen LogP contribution in [0, 0.1) is 11.3 Å². The molecule has 1 N–H and O–H groups in total. The van der Waals surface area contributed by atoms with E-state index in [0.717, 1.165) is 5.56 Å². The molecule has 0 aliphatic rings. The highest BCUT2D eigenvalue weighted by Gasteiger charge is 2.18. The van der Waals surface area contributed by atoms with E-state index in [4.69, 9.17) is 10.00 Å². The molecule has 0 unspecified atom stereocenters. The van der Waals surface area contributed by atoms with E-state index in [0.29, 0.717) is 12.1 Å². The van der Waals surface area contributed by atoms with E-state index in [1.165, 1.54) is 0 Å². The zero-order valence-corrected chi connectivity index (χ0v) is 9.13. The minimum absolute atomic E-state index is 0.291. The van der Waals surface area contributed by atoms with Crippen LogP contribution in [0.3, 0.4) is 0 Å². The topological polar surface area (TPSA) is 65.9 Å². The van der Waals surface area contributed by atoms with Crippen molar-refractivity contribution in [3.05, 3.63) is 23.5 Å². The lowest BCUT2D eigenvalue weighted by Crippen LogP contribution is -2.24. The van der Waals surface area contributed by atoms with Gasteiger partial charge in [0.1, 0.15) is 11.3 Å². The molecule has 0 aliphatic carbocycles. The number of hydrogen-bond acceptors (Lipinski definition) is 3. The van der Waals surface area contributed by atoms with Gasteiger partial charge in [0, 0.05) is 6.20 Å². The Morgan fingerprint density at radius 3 is 2.80 bits per heavy atom. The molecule has 0 saturated carbocycles. The average molecular weight is 206 g/mol. The van der Waals surface area contributed by atoms with E-state index >= 15 is 0 Å². The van der Waals surface area contributed by atoms with Crippen LogP contribution in [0.1, 0.15) is 36.8 Å². The molecule has 1 aromatic rings. The summed E-state index contributed by atoms with van der Waals surface area (Å²) in [7, 11) is 0. The van der Waals surface area contributed by atoms with Gasteiger partial charge in [0.2, 0.25) is 0 Å². The van der Waals surface area contributed by atoms with E-state index in [-0.39, 0.29) is 0 Å². The van der Waals surface area contributed by atoms with Gasteiger partial charge in [-0.25, -0.2) is 4.79 Å². The molecule has 0 saturated heterocycles. The Hall–Kier alpha value is -1.76. The first-order chi connectivity index (χ1) is 6.92. The number of carbonyl (C=O) groups is 1. The van der Waals surface area contributed by atoms with Crippen molar-refractivity contribution in [1.82, 2.24) is 4.98 Å². The fraction of sp³-hybridized carbons (Fsp3) is 0.455.